The van der Waals surface area contributed by atoms with Gasteiger partial charge < -0.3 is 4.74 Å². The van der Waals surface area contributed by atoms with Crippen molar-refractivity contribution in [2.24, 2.45) is 0 Å². The Bertz CT molecular complexity index is 420. The highest BCUT2D eigenvalue weighted by atomic mass is 16.5. The second kappa shape index (κ2) is 4.12. The largest absolute Gasteiger partial charge is 0.501 e. The van der Waals surface area contributed by atoms with Gasteiger partial charge in [0, 0.05) is 24.3 Å². The number of hydrogen-bond acceptors (Lipinski definition) is 2. The molecule has 1 aromatic carbocycles. The van der Waals surface area contributed by atoms with Crippen molar-refractivity contribution in [3.63, 3.8) is 0 Å². The predicted octanol–water partition coefficient (Wildman–Crippen LogP) is 2.84. The van der Waals surface area contributed by atoms with Crippen molar-refractivity contribution in [1.82, 2.24) is 0 Å². The molecule has 1 atom stereocenters. The first-order valence-corrected chi connectivity index (χ1v) is 5.47. The van der Waals surface area contributed by atoms with Crippen LogP contribution in [0.4, 0.5) is 0 Å². The van der Waals surface area contributed by atoms with Crippen molar-refractivity contribution >= 4 is 5.78 Å². The smallest absolute Gasteiger partial charge is 0.159 e. The monoisotopic (exact) mass is 216 g/mol. The van der Waals surface area contributed by atoms with Crippen molar-refractivity contribution in [3.8, 4) is 0 Å². The quantitative estimate of drug-likeness (QED) is 0.759. The second-order valence-corrected chi connectivity index (χ2v) is 4.56. The Balaban J connectivity index is 2.34. The molecule has 1 aliphatic carbocycles. The standard InChI is InChI=1S/C14H16O2/c1-14(11-6-4-3-5-7-11)9-12(15)8-13(10-14)16-2/h3-8H,9-10H2,1-2H3. The van der Waals surface area contributed by atoms with Crippen LogP contribution >= 0.6 is 0 Å². The van der Waals surface area contributed by atoms with E-state index in [0.717, 1.165) is 12.2 Å². The number of rotatable bonds is 2. The fourth-order valence-corrected chi connectivity index (χ4v) is 2.29. The zero-order valence-corrected chi connectivity index (χ0v) is 9.69. The number of ether oxygens (including phenoxy) is 1. The SMILES string of the molecule is COC1=CC(=O)CC(C)(c2ccccc2)C1. The Morgan fingerprint density at radius 1 is 1.19 bits per heavy atom. The Morgan fingerprint density at radius 2 is 1.88 bits per heavy atom. The van der Waals surface area contributed by atoms with E-state index >= 15 is 0 Å². The molecule has 0 heterocycles. The molecule has 0 saturated carbocycles. The molecule has 0 bridgehead atoms. The summed E-state index contributed by atoms with van der Waals surface area (Å²) in [6, 6.07) is 10.2. The van der Waals surface area contributed by atoms with Crippen LogP contribution < -0.4 is 0 Å². The summed E-state index contributed by atoms with van der Waals surface area (Å²) < 4.78 is 5.22. The molecule has 16 heavy (non-hydrogen) atoms. The molecule has 1 aliphatic rings. The van der Waals surface area contributed by atoms with E-state index in [4.69, 9.17) is 4.74 Å². The number of allylic oxidation sites excluding steroid dienone is 2. The third-order valence-corrected chi connectivity index (χ3v) is 3.18. The average molecular weight is 216 g/mol. The van der Waals surface area contributed by atoms with E-state index in [2.05, 4.69) is 19.1 Å². The topological polar surface area (TPSA) is 26.3 Å². The van der Waals surface area contributed by atoms with Crippen LogP contribution in [0.25, 0.3) is 0 Å². The fourth-order valence-electron chi connectivity index (χ4n) is 2.29. The molecule has 2 heteroatoms. The molecule has 0 fully saturated rings. The Hall–Kier alpha value is -1.57. The van der Waals surface area contributed by atoms with E-state index < -0.39 is 0 Å². The van der Waals surface area contributed by atoms with E-state index in [1.54, 1.807) is 13.2 Å². The molecule has 0 radical (unpaired) electrons. The van der Waals surface area contributed by atoms with Crippen molar-refractivity contribution in [3.05, 3.63) is 47.7 Å². The molecule has 0 N–H and O–H groups in total. The van der Waals surface area contributed by atoms with E-state index in [-0.39, 0.29) is 11.2 Å². The lowest BCUT2D eigenvalue weighted by molar-refractivity contribution is -0.116. The predicted molar refractivity (Wildman–Crippen MR) is 63.1 cm³/mol. The number of benzene rings is 1. The molecule has 0 aliphatic heterocycles. The maximum atomic E-state index is 11.7. The highest BCUT2D eigenvalue weighted by Crippen LogP contribution is 2.37. The van der Waals surface area contributed by atoms with Crippen molar-refractivity contribution in [1.29, 1.82) is 0 Å². The van der Waals surface area contributed by atoms with Gasteiger partial charge in [0.2, 0.25) is 0 Å². The fraction of sp³-hybridized carbons (Fsp3) is 0.357. The Morgan fingerprint density at radius 3 is 2.50 bits per heavy atom. The Kier molecular flexibility index (Phi) is 2.82. The molecule has 0 aromatic heterocycles. The van der Waals surface area contributed by atoms with E-state index in [0.29, 0.717) is 6.42 Å². The van der Waals surface area contributed by atoms with Gasteiger partial charge in [-0.05, 0) is 5.56 Å². The van der Waals surface area contributed by atoms with Gasteiger partial charge in [-0.1, -0.05) is 37.3 Å². The molecule has 0 spiro atoms. The molecular weight excluding hydrogens is 200 g/mol. The zero-order chi connectivity index (χ0) is 11.6. The van der Waals surface area contributed by atoms with Gasteiger partial charge >= 0.3 is 0 Å². The minimum absolute atomic E-state index is 0.127. The Labute approximate surface area is 95.9 Å². The number of hydrogen-bond donors (Lipinski definition) is 0. The first-order valence-electron chi connectivity index (χ1n) is 5.47. The first-order chi connectivity index (χ1) is 7.64. The molecule has 2 nitrogen and oxygen atoms in total. The maximum Gasteiger partial charge on any atom is 0.159 e. The van der Waals surface area contributed by atoms with Gasteiger partial charge in [0.1, 0.15) is 0 Å². The third-order valence-electron chi connectivity index (χ3n) is 3.18. The molecule has 1 unspecified atom stereocenters. The minimum Gasteiger partial charge on any atom is -0.501 e. The molecular formula is C14H16O2. The summed E-state index contributed by atoms with van der Waals surface area (Å²) in [7, 11) is 1.62. The van der Waals surface area contributed by atoms with Crippen LogP contribution in [-0.2, 0) is 14.9 Å². The molecule has 1 aromatic rings. The molecule has 0 saturated heterocycles. The van der Waals surface area contributed by atoms with Crippen LogP contribution in [-0.4, -0.2) is 12.9 Å². The summed E-state index contributed by atoms with van der Waals surface area (Å²) in [5.41, 5.74) is 1.07. The van der Waals surface area contributed by atoms with Crippen LogP contribution in [0.1, 0.15) is 25.3 Å². The summed E-state index contributed by atoms with van der Waals surface area (Å²) in [6.45, 7) is 2.12. The van der Waals surface area contributed by atoms with E-state index in [1.807, 2.05) is 18.2 Å². The summed E-state index contributed by atoms with van der Waals surface area (Å²) >= 11 is 0. The molecule has 84 valence electrons. The third kappa shape index (κ3) is 2.01. The first kappa shape index (κ1) is 10.9. The van der Waals surface area contributed by atoms with E-state index in [1.165, 1.54) is 5.56 Å². The second-order valence-electron chi connectivity index (χ2n) is 4.56. The lowest BCUT2D eigenvalue weighted by Gasteiger charge is -2.32. The van der Waals surface area contributed by atoms with Gasteiger partial charge in [-0.15, -0.1) is 0 Å². The van der Waals surface area contributed by atoms with Gasteiger partial charge in [-0.2, -0.15) is 0 Å². The summed E-state index contributed by atoms with van der Waals surface area (Å²) in [4.78, 5) is 11.7. The van der Waals surface area contributed by atoms with Gasteiger partial charge in [-0.25, -0.2) is 0 Å². The van der Waals surface area contributed by atoms with Crippen molar-refractivity contribution < 1.29 is 9.53 Å². The number of methoxy groups -OCH3 is 1. The van der Waals surface area contributed by atoms with Crippen LogP contribution in [0.3, 0.4) is 0 Å². The molecule has 0 amide bonds. The summed E-state index contributed by atoms with van der Waals surface area (Å²) in [5.74, 6) is 0.928. The van der Waals surface area contributed by atoms with Crippen molar-refractivity contribution in [2.45, 2.75) is 25.2 Å². The highest BCUT2D eigenvalue weighted by molar-refractivity contribution is 5.92. The van der Waals surface area contributed by atoms with Gasteiger partial charge in [-0.3, -0.25) is 4.79 Å². The van der Waals surface area contributed by atoms with Crippen LogP contribution in [0, 0.1) is 0 Å². The lowest BCUT2D eigenvalue weighted by Crippen LogP contribution is -2.29. The number of carbonyl (C=O) groups is 1. The van der Waals surface area contributed by atoms with Crippen LogP contribution in [0.2, 0.25) is 0 Å². The lowest BCUT2D eigenvalue weighted by atomic mass is 9.72. The van der Waals surface area contributed by atoms with Gasteiger partial charge in [0.25, 0.3) is 0 Å². The van der Waals surface area contributed by atoms with Crippen molar-refractivity contribution in [2.75, 3.05) is 7.11 Å². The van der Waals surface area contributed by atoms with Gasteiger partial charge in [0.05, 0.1) is 12.9 Å². The highest BCUT2D eigenvalue weighted by Gasteiger charge is 2.34. The van der Waals surface area contributed by atoms with Crippen LogP contribution in [0.5, 0.6) is 0 Å². The summed E-state index contributed by atoms with van der Waals surface area (Å²) in [6.07, 6.45) is 2.97. The zero-order valence-electron chi connectivity index (χ0n) is 9.69. The van der Waals surface area contributed by atoms with Gasteiger partial charge in [0.15, 0.2) is 5.78 Å². The number of ketones is 1. The van der Waals surface area contributed by atoms with Crippen LogP contribution in [0.15, 0.2) is 42.2 Å². The van der Waals surface area contributed by atoms with E-state index in [9.17, 15) is 4.79 Å². The normalized spacial score (nSPS) is 25.1. The summed E-state index contributed by atoms with van der Waals surface area (Å²) in [5, 5.41) is 0. The number of carbonyl (C=O) groups excluding carboxylic acids is 1. The maximum absolute atomic E-state index is 11.7. The average Bonchev–Trinajstić information content (AvgIpc) is 2.29. The minimum atomic E-state index is -0.127. The molecule has 2 rings (SSSR count).